The van der Waals surface area contributed by atoms with Crippen LogP contribution in [0.5, 0.6) is 0 Å². The first-order valence-corrected chi connectivity index (χ1v) is 14.9. The smallest absolute Gasteiger partial charge is 0.222 e. The summed E-state index contributed by atoms with van der Waals surface area (Å²) in [5.74, 6) is 2.34. The van der Waals surface area contributed by atoms with Gasteiger partial charge in [0.25, 0.3) is 0 Å². The number of hydrogen-bond donors (Lipinski definition) is 1. The molecule has 0 spiro atoms. The molecule has 0 unspecified atom stereocenters. The first-order chi connectivity index (χ1) is 16.5. The first kappa shape index (κ1) is 31.4. The van der Waals surface area contributed by atoms with E-state index >= 15 is 0 Å². The highest BCUT2D eigenvalue weighted by molar-refractivity contribution is 8.76. The second kappa shape index (κ2) is 20.5. The lowest BCUT2D eigenvalue weighted by Gasteiger charge is -2.22. The second-order valence-corrected chi connectivity index (χ2v) is 11.0. The zero-order valence-electron chi connectivity index (χ0n) is 20.8. The van der Waals surface area contributed by atoms with Gasteiger partial charge in [0.1, 0.15) is 11.6 Å². The quantitative estimate of drug-likeness (QED) is 0.170. The van der Waals surface area contributed by atoms with Crippen molar-refractivity contribution in [3.05, 3.63) is 0 Å². The van der Waals surface area contributed by atoms with Gasteiger partial charge < -0.3 is 24.2 Å². The predicted molar refractivity (Wildman–Crippen MR) is 137 cm³/mol. The van der Waals surface area contributed by atoms with E-state index in [1.54, 1.807) is 33.6 Å². The maximum atomic E-state index is 12.4. The van der Waals surface area contributed by atoms with E-state index in [4.69, 9.17) is 14.2 Å². The number of ether oxygens (including phenoxy) is 3. The number of aliphatic hydroxyl groups is 1. The van der Waals surface area contributed by atoms with Gasteiger partial charge in [-0.25, -0.2) is 0 Å². The molecule has 0 radical (unpaired) electrons. The lowest BCUT2D eigenvalue weighted by Crippen LogP contribution is -2.37. The Morgan fingerprint density at radius 1 is 0.882 bits per heavy atom. The Morgan fingerprint density at radius 3 is 2.26 bits per heavy atom. The second-order valence-electron chi connectivity index (χ2n) is 8.34. The molecule has 0 aliphatic carbocycles. The number of hydrogen-bond acceptors (Lipinski definition) is 9. The molecule has 1 saturated heterocycles. The number of rotatable bonds is 22. The molecule has 10 heteroatoms. The number of Topliss-reactive ketones (excluding diaryl/α,β-unsaturated/α-hetero) is 2. The van der Waals surface area contributed by atoms with E-state index in [-0.39, 0.29) is 36.2 Å². The molecule has 1 aliphatic heterocycles. The van der Waals surface area contributed by atoms with Crippen molar-refractivity contribution < 1.29 is 33.7 Å². The molecule has 0 aromatic heterocycles. The number of carbonyl (C=O) groups is 3. The number of aliphatic hydroxyl groups excluding tert-OH is 1. The first-order valence-electron chi connectivity index (χ1n) is 12.4. The van der Waals surface area contributed by atoms with Gasteiger partial charge in [-0.15, -0.1) is 0 Å². The summed E-state index contributed by atoms with van der Waals surface area (Å²) in [6.45, 7) is 4.55. The van der Waals surface area contributed by atoms with Crippen LogP contribution in [-0.4, -0.2) is 97.8 Å². The summed E-state index contributed by atoms with van der Waals surface area (Å²) in [7, 11) is 5.13. The van der Waals surface area contributed by atoms with Crippen molar-refractivity contribution in [3.63, 3.8) is 0 Å². The van der Waals surface area contributed by atoms with Crippen LogP contribution >= 0.6 is 21.6 Å². The molecule has 1 aliphatic rings. The highest BCUT2D eigenvalue weighted by Crippen LogP contribution is 2.23. The van der Waals surface area contributed by atoms with E-state index in [0.717, 1.165) is 24.3 Å². The van der Waals surface area contributed by atoms with E-state index in [9.17, 15) is 19.5 Å². The van der Waals surface area contributed by atoms with Gasteiger partial charge in [0, 0.05) is 57.3 Å². The summed E-state index contributed by atoms with van der Waals surface area (Å²) in [6.07, 6.45) is 5.54. The Kier molecular flexibility index (Phi) is 19.0. The van der Waals surface area contributed by atoms with Crippen molar-refractivity contribution in [2.24, 2.45) is 0 Å². The third-order valence-corrected chi connectivity index (χ3v) is 8.16. The summed E-state index contributed by atoms with van der Waals surface area (Å²) >= 11 is 0. The average molecular weight is 522 g/mol. The molecule has 1 N–H and O–H groups in total. The topological polar surface area (TPSA) is 102 Å². The highest BCUT2D eigenvalue weighted by Gasteiger charge is 2.34. The molecular weight excluding hydrogens is 478 g/mol. The number of ketones is 2. The van der Waals surface area contributed by atoms with Crippen molar-refractivity contribution in [1.82, 2.24) is 4.90 Å². The molecule has 1 heterocycles. The fourth-order valence-electron chi connectivity index (χ4n) is 3.61. The lowest BCUT2D eigenvalue weighted by atomic mass is 10.1. The maximum absolute atomic E-state index is 12.4. The van der Waals surface area contributed by atoms with E-state index in [1.807, 2.05) is 6.92 Å². The molecule has 1 fully saturated rings. The summed E-state index contributed by atoms with van der Waals surface area (Å²) in [6, 6.07) is -0.150. The van der Waals surface area contributed by atoms with Crippen LogP contribution in [0.25, 0.3) is 0 Å². The standard InChI is InChI=1S/C24H43NO7S2/c1-3-21(27)10-11-31-12-13-32-14-16-34-33-15-6-8-22(28)7-4-5-9-24(29)25-18-23(30-2)17-20(25)19-26/h20,23,26H,3-19H2,1-2H3/t20-,23+/m1/s1. The molecule has 8 nitrogen and oxygen atoms in total. The molecule has 198 valence electrons. The average Bonchev–Trinajstić information content (AvgIpc) is 3.28. The van der Waals surface area contributed by atoms with Crippen LogP contribution in [0.1, 0.15) is 64.7 Å². The zero-order chi connectivity index (χ0) is 25.0. The molecule has 1 amide bonds. The van der Waals surface area contributed by atoms with E-state index < -0.39 is 0 Å². The lowest BCUT2D eigenvalue weighted by molar-refractivity contribution is -0.133. The van der Waals surface area contributed by atoms with E-state index in [1.165, 1.54) is 0 Å². The molecule has 1 rings (SSSR count). The van der Waals surface area contributed by atoms with E-state index in [2.05, 4.69) is 0 Å². The number of methoxy groups -OCH3 is 1. The van der Waals surface area contributed by atoms with Crippen molar-refractivity contribution in [2.45, 2.75) is 76.9 Å². The van der Waals surface area contributed by atoms with Gasteiger partial charge in [0.2, 0.25) is 5.91 Å². The van der Waals surface area contributed by atoms with Gasteiger partial charge in [-0.3, -0.25) is 14.4 Å². The third kappa shape index (κ3) is 14.7. The minimum absolute atomic E-state index is 0.0000210. The van der Waals surface area contributed by atoms with E-state index in [0.29, 0.717) is 77.9 Å². The fraction of sp³-hybridized carbons (Fsp3) is 0.875. The number of nitrogens with zero attached hydrogens (tertiary/aromatic N) is 1. The molecule has 34 heavy (non-hydrogen) atoms. The molecule has 0 aromatic rings. The Labute approximate surface area is 212 Å². The van der Waals surface area contributed by atoms with Crippen LogP contribution < -0.4 is 0 Å². The molecular formula is C24H43NO7S2. The van der Waals surface area contributed by atoms with Gasteiger partial charge in [0.15, 0.2) is 0 Å². The monoisotopic (exact) mass is 521 g/mol. The van der Waals surface area contributed by atoms with Crippen molar-refractivity contribution in [2.75, 3.05) is 58.2 Å². The fourth-order valence-corrected chi connectivity index (χ4v) is 5.56. The number of amides is 1. The Balaban J connectivity index is 1.88. The molecule has 2 atom stereocenters. The zero-order valence-corrected chi connectivity index (χ0v) is 22.5. The largest absolute Gasteiger partial charge is 0.394 e. The molecule has 0 bridgehead atoms. The SMILES string of the molecule is CCC(=O)CCOCCOCCSSCCCC(=O)CCCCC(=O)N1C[C@@H](OC)C[C@@H]1CO. The van der Waals surface area contributed by atoms with Crippen molar-refractivity contribution in [3.8, 4) is 0 Å². The van der Waals surface area contributed by atoms with Gasteiger partial charge in [0.05, 0.1) is 45.2 Å². The van der Waals surface area contributed by atoms with Crippen LogP contribution in [0.4, 0.5) is 0 Å². The van der Waals surface area contributed by atoms with Gasteiger partial charge in [-0.05, 0) is 25.7 Å². The number of unbranched alkanes of at least 4 members (excludes halogenated alkanes) is 1. The summed E-state index contributed by atoms with van der Waals surface area (Å²) in [5, 5.41) is 9.46. The Hall–Kier alpha value is -0.650. The van der Waals surface area contributed by atoms with Gasteiger partial charge in [-0.2, -0.15) is 0 Å². The minimum atomic E-state index is -0.150. The normalized spacial score (nSPS) is 17.9. The number of likely N-dealkylation sites (tertiary alicyclic amines) is 1. The Morgan fingerprint density at radius 2 is 1.56 bits per heavy atom. The summed E-state index contributed by atoms with van der Waals surface area (Å²) in [4.78, 5) is 37.3. The van der Waals surface area contributed by atoms with Gasteiger partial charge in [-0.1, -0.05) is 28.5 Å². The van der Waals surface area contributed by atoms with Crippen LogP contribution in [0.3, 0.4) is 0 Å². The molecule has 0 saturated carbocycles. The molecule has 0 aromatic carbocycles. The minimum Gasteiger partial charge on any atom is -0.394 e. The van der Waals surface area contributed by atoms with Crippen LogP contribution in [0.2, 0.25) is 0 Å². The van der Waals surface area contributed by atoms with Crippen LogP contribution in [0, 0.1) is 0 Å². The Bertz CT molecular complexity index is 580. The maximum Gasteiger partial charge on any atom is 0.222 e. The van der Waals surface area contributed by atoms with Crippen LogP contribution in [0.15, 0.2) is 0 Å². The van der Waals surface area contributed by atoms with Crippen molar-refractivity contribution >= 4 is 39.1 Å². The summed E-state index contributed by atoms with van der Waals surface area (Å²) in [5.41, 5.74) is 0. The van der Waals surface area contributed by atoms with Gasteiger partial charge >= 0.3 is 0 Å². The third-order valence-electron chi connectivity index (χ3n) is 5.71. The predicted octanol–water partition coefficient (Wildman–Crippen LogP) is 3.29. The van der Waals surface area contributed by atoms with Crippen LogP contribution in [-0.2, 0) is 28.6 Å². The summed E-state index contributed by atoms with van der Waals surface area (Å²) < 4.78 is 16.2. The number of carbonyl (C=O) groups excluding carboxylic acids is 3. The van der Waals surface area contributed by atoms with Crippen molar-refractivity contribution in [1.29, 1.82) is 0 Å². The highest BCUT2D eigenvalue weighted by atomic mass is 33.1.